The molecule has 1 aliphatic rings. The third-order valence-electron chi connectivity index (χ3n) is 4.63. The summed E-state index contributed by atoms with van der Waals surface area (Å²) in [5.74, 6) is -1.12. The van der Waals surface area contributed by atoms with Crippen molar-refractivity contribution in [3.05, 3.63) is 41.0 Å². The van der Waals surface area contributed by atoms with Crippen molar-refractivity contribution in [2.75, 3.05) is 32.8 Å². The van der Waals surface area contributed by atoms with Crippen LogP contribution in [0.4, 0.5) is 0 Å². The molecule has 0 bridgehead atoms. The Hall–Kier alpha value is -2.14. The van der Waals surface area contributed by atoms with Crippen LogP contribution in [0.1, 0.15) is 38.8 Å². The summed E-state index contributed by atoms with van der Waals surface area (Å²) < 4.78 is 10.7. The number of ether oxygens (including phenoxy) is 2. The maximum absolute atomic E-state index is 13.0. The van der Waals surface area contributed by atoms with Gasteiger partial charge in [0.2, 0.25) is 5.41 Å². The monoisotopic (exact) mass is 345 g/mol. The summed E-state index contributed by atoms with van der Waals surface area (Å²) in [6.07, 6.45) is 1.93. The number of hydrogen-bond acceptors (Lipinski definition) is 5. The normalized spacial score (nSPS) is 14.8. The van der Waals surface area contributed by atoms with Crippen LogP contribution < -0.4 is 0 Å². The molecule has 0 spiro atoms. The number of rotatable bonds is 8. The molecule has 0 atom stereocenters. The van der Waals surface area contributed by atoms with Crippen LogP contribution in [0.15, 0.2) is 29.8 Å². The van der Waals surface area contributed by atoms with Crippen molar-refractivity contribution < 1.29 is 19.1 Å². The average Bonchev–Trinajstić information content (AvgIpc) is 2.94. The van der Waals surface area contributed by atoms with Crippen LogP contribution >= 0.6 is 0 Å². The van der Waals surface area contributed by atoms with Gasteiger partial charge in [-0.15, -0.1) is 0 Å². The van der Waals surface area contributed by atoms with Gasteiger partial charge in [0.05, 0.1) is 13.2 Å². The molecule has 0 saturated carbocycles. The molecule has 0 heterocycles. The summed E-state index contributed by atoms with van der Waals surface area (Å²) in [7, 11) is 0. The highest BCUT2D eigenvalue weighted by Crippen LogP contribution is 2.44. The lowest BCUT2D eigenvalue weighted by atomic mass is 9.76. The standard InChI is InChI=1S/C20H27NO4/c1-5-21(6-2)14-16-13-15-11-9-10-12-17(15)20(16,18(22)24-7-3)19(23)25-8-4/h9-13H,5-8,14H2,1-4H3. The van der Waals surface area contributed by atoms with Crippen LogP contribution in [0.25, 0.3) is 6.08 Å². The Bertz CT molecular complexity index is 643. The first-order valence-electron chi connectivity index (χ1n) is 8.93. The lowest BCUT2D eigenvalue weighted by molar-refractivity contribution is -0.162. The van der Waals surface area contributed by atoms with Gasteiger partial charge in [-0.1, -0.05) is 44.2 Å². The Morgan fingerprint density at radius 2 is 1.52 bits per heavy atom. The van der Waals surface area contributed by atoms with Gasteiger partial charge < -0.3 is 9.47 Å². The van der Waals surface area contributed by atoms with Crippen LogP contribution in [0.3, 0.4) is 0 Å². The van der Waals surface area contributed by atoms with Crippen LogP contribution in [0.5, 0.6) is 0 Å². The van der Waals surface area contributed by atoms with Crippen LogP contribution in [-0.4, -0.2) is 49.7 Å². The topological polar surface area (TPSA) is 55.8 Å². The second kappa shape index (κ2) is 8.30. The lowest BCUT2D eigenvalue weighted by Gasteiger charge is -2.31. The van der Waals surface area contributed by atoms with Gasteiger partial charge in [-0.05, 0) is 43.6 Å². The predicted octanol–water partition coefficient (Wildman–Crippen LogP) is 2.79. The first-order valence-corrected chi connectivity index (χ1v) is 8.93. The summed E-state index contributed by atoms with van der Waals surface area (Å²) in [4.78, 5) is 28.2. The molecule has 0 aliphatic heterocycles. The zero-order chi connectivity index (χ0) is 18.4. The quantitative estimate of drug-likeness (QED) is 0.536. The second-order valence-electron chi connectivity index (χ2n) is 5.91. The van der Waals surface area contributed by atoms with E-state index in [4.69, 9.17) is 9.47 Å². The van der Waals surface area contributed by atoms with E-state index in [1.165, 1.54) is 0 Å². The van der Waals surface area contributed by atoms with Gasteiger partial charge in [-0.2, -0.15) is 0 Å². The molecule has 0 radical (unpaired) electrons. The molecule has 5 nitrogen and oxygen atoms in total. The van der Waals surface area contributed by atoms with Crippen LogP contribution in [0.2, 0.25) is 0 Å². The maximum Gasteiger partial charge on any atom is 0.332 e. The number of benzene rings is 1. The third-order valence-corrected chi connectivity index (χ3v) is 4.63. The Labute approximate surface area is 149 Å². The summed E-state index contributed by atoms with van der Waals surface area (Å²) >= 11 is 0. The minimum Gasteiger partial charge on any atom is -0.465 e. The van der Waals surface area contributed by atoms with Gasteiger partial charge in [-0.3, -0.25) is 14.5 Å². The fourth-order valence-corrected chi connectivity index (χ4v) is 3.33. The van der Waals surface area contributed by atoms with Crippen molar-refractivity contribution in [3.8, 4) is 0 Å². The zero-order valence-corrected chi connectivity index (χ0v) is 15.5. The summed E-state index contributed by atoms with van der Waals surface area (Å²) in [5.41, 5.74) is 0.722. The lowest BCUT2D eigenvalue weighted by Crippen LogP contribution is -2.49. The number of carbonyl (C=O) groups excluding carboxylic acids is 2. The van der Waals surface area contributed by atoms with Gasteiger partial charge in [0, 0.05) is 6.54 Å². The summed E-state index contributed by atoms with van der Waals surface area (Å²) in [6, 6.07) is 7.46. The SMILES string of the molecule is CCOC(=O)C1(C(=O)OCC)C(CN(CC)CC)=Cc2ccccc21. The van der Waals surface area contributed by atoms with E-state index < -0.39 is 17.4 Å². The minimum absolute atomic E-state index is 0.209. The molecular weight excluding hydrogens is 318 g/mol. The second-order valence-corrected chi connectivity index (χ2v) is 5.91. The van der Waals surface area contributed by atoms with Crippen LogP contribution in [0, 0.1) is 0 Å². The van der Waals surface area contributed by atoms with E-state index in [9.17, 15) is 9.59 Å². The van der Waals surface area contributed by atoms with Crippen molar-refractivity contribution in [1.82, 2.24) is 4.90 Å². The van der Waals surface area contributed by atoms with E-state index in [0.717, 1.165) is 18.7 Å². The van der Waals surface area contributed by atoms with Gasteiger partial charge >= 0.3 is 11.9 Å². The van der Waals surface area contributed by atoms with Crippen molar-refractivity contribution >= 4 is 18.0 Å². The molecule has 0 saturated heterocycles. The molecular formula is C20H27NO4. The molecule has 0 aromatic heterocycles. The summed E-state index contributed by atoms with van der Waals surface area (Å²) in [5, 5.41) is 0. The molecule has 1 aromatic carbocycles. The number of carbonyl (C=O) groups is 2. The van der Waals surface area contributed by atoms with E-state index in [1.807, 2.05) is 30.3 Å². The highest BCUT2D eigenvalue weighted by atomic mass is 16.6. The number of fused-ring (bicyclic) bond motifs is 1. The number of likely N-dealkylation sites (N-methyl/N-ethyl adjacent to an activating group) is 1. The molecule has 0 amide bonds. The molecule has 1 aromatic rings. The van der Waals surface area contributed by atoms with E-state index in [2.05, 4.69) is 18.7 Å². The van der Waals surface area contributed by atoms with Gasteiger partial charge in [-0.25, -0.2) is 0 Å². The molecule has 0 unspecified atom stereocenters. The number of esters is 2. The first kappa shape index (κ1) is 19.2. The fourth-order valence-electron chi connectivity index (χ4n) is 3.33. The summed E-state index contributed by atoms with van der Waals surface area (Å²) in [6.45, 7) is 10.2. The molecule has 136 valence electrons. The Morgan fingerprint density at radius 3 is 2.04 bits per heavy atom. The van der Waals surface area contributed by atoms with Crippen molar-refractivity contribution in [2.24, 2.45) is 0 Å². The molecule has 25 heavy (non-hydrogen) atoms. The number of hydrogen-bond donors (Lipinski definition) is 0. The molecule has 1 aliphatic carbocycles. The van der Waals surface area contributed by atoms with E-state index in [0.29, 0.717) is 17.7 Å². The van der Waals surface area contributed by atoms with E-state index >= 15 is 0 Å². The average molecular weight is 345 g/mol. The van der Waals surface area contributed by atoms with Crippen molar-refractivity contribution in [1.29, 1.82) is 0 Å². The fraction of sp³-hybridized carbons (Fsp3) is 0.500. The Morgan fingerprint density at radius 1 is 0.960 bits per heavy atom. The molecule has 5 heteroatoms. The third kappa shape index (κ3) is 3.33. The van der Waals surface area contributed by atoms with E-state index in [1.54, 1.807) is 13.8 Å². The molecule has 2 rings (SSSR count). The minimum atomic E-state index is -1.51. The molecule has 0 fully saturated rings. The van der Waals surface area contributed by atoms with Crippen LogP contribution in [-0.2, 0) is 24.5 Å². The highest BCUT2D eigenvalue weighted by molar-refractivity contribution is 6.13. The largest absolute Gasteiger partial charge is 0.465 e. The smallest absolute Gasteiger partial charge is 0.332 e. The first-order chi connectivity index (χ1) is 12.1. The van der Waals surface area contributed by atoms with Crippen molar-refractivity contribution in [3.63, 3.8) is 0 Å². The Kier molecular flexibility index (Phi) is 6.37. The number of nitrogens with zero attached hydrogens (tertiary/aromatic N) is 1. The maximum atomic E-state index is 13.0. The van der Waals surface area contributed by atoms with E-state index in [-0.39, 0.29) is 13.2 Å². The highest BCUT2D eigenvalue weighted by Gasteiger charge is 2.56. The zero-order valence-electron chi connectivity index (χ0n) is 15.5. The van der Waals surface area contributed by atoms with Gasteiger partial charge in [0.1, 0.15) is 0 Å². The van der Waals surface area contributed by atoms with Gasteiger partial charge in [0.25, 0.3) is 0 Å². The predicted molar refractivity (Wildman–Crippen MR) is 97.2 cm³/mol. The van der Waals surface area contributed by atoms with Gasteiger partial charge in [0.15, 0.2) is 0 Å². The van der Waals surface area contributed by atoms with Crippen molar-refractivity contribution in [2.45, 2.75) is 33.1 Å². The Balaban J connectivity index is 2.62. The molecule has 0 N–H and O–H groups in total.